The molecule has 2 heteroatoms. The molecule has 2 nitrogen and oxygen atoms in total. The molecule has 0 saturated heterocycles. The molecule has 2 rings (SSSR count). The van der Waals surface area contributed by atoms with Gasteiger partial charge in [0.05, 0.1) is 0 Å². The Hall–Kier alpha value is -1.31. The molecular formula is C15H21NO. The van der Waals surface area contributed by atoms with Crippen molar-refractivity contribution < 1.29 is 4.79 Å². The number of nitrogens with zero attached hydrogens (tertiary/aromatic N) is 1. The zero-order valence-corrected chi connectivity index (χ0v) is 11.2. The number of carbonyl (C=O) groups is 1. The molecule has 0 radical (unpaired) electrons. The maximum atomic E-state index is 12.2. The lowest BCUT2D eigenvalue weighted by Crippen LogP contribution is -2.34. The van der Waals surface area contributed by atoms with Crippen molar-refractivity contribution in [3.05, 3.63) is 29.8 Å². The molecule has 0 spiro atoms. The average Bonchev–Trinajstić information content (AvgIpc) is 2.51. The van der Waals surface area contributed by atoms with Crippen molar-refractivity contribution in [3.63, 3.8) is 0 Å². The van der Waals surface area contributed by atoms with Crippen molar-refractivity contribution in [1.82, 2.24) is 0 Å². The number of para-hydroxylation sites is 1. The Labute approximate surface area is 104 Å². The molecule has 1 amide bonds. The average molecular weight is 231 g/mol. The van der Waals surface area contributed by atoms with Gasteiger partial charge in [-0.25, -0.2) is 0 Å². The molecule has 0 N–H and O–H groups in total. The standard InChI is InChI=1S/C15H21NO/c1-11(2)9-14(17)16-10-15(3,4)12-7-5-6-8-13(12)16/h5-8,11H,9-10H2,1-4H3. The van der Waals surface area contributed by atoms with E-state index >= 15 is 0 Å². The molecule has 1 aromatic carbocycles. The van der Waals surface area contributed by atoms with Crippen LogP contribution in [0.15, 0.2) is 24.3 Å². The van der Waals surface area contributed by atoms with Crippen LogP contribution < -0.4 is 4.90 Å². The zero-order chi connectivity index (χ0) is 12.6. The van der Waals surface area contributed by atoms with Gasteiger partial charge in [0.25, 0.3) is 0 Å². The summed E-state index contributed by atoms with van der Waals surface area (Å²) >= 11 is 0. The quantitative estimate of drug-likeness (QED) is 0.764. The third-order valence-corrected chi connectivity index (χ3v) is 3.36. The Balaban J connectivity index is 2.32. The second-order valence-corrected chi connectivity index (χ2v) is 5.98. The summed E-state index contributed by atoms with van der Waals surface area (Å²) in [4.78, 5) is 14.2. The number of rotatable bonds is 2. The van der Waals surface area contributed by atoms with Gasteiger partial charge in [-0.15, -0.1) is 0 Å². The molecular weight excluding hydrogens is 210 g/mol. The minimum atomic E-state index is 0.0727. The second-order valence-electron chi connectivity index (χ2n) is 5.98. The van der Waals surface area contributed by atoms with Crippen molar-refractivity contribution in [3.8, 4) is 0 Å². The Morgan fingerprint density at radius 3 is 2.65 bits per heavy atom. The zero-order valence-electron chi connectivity index (χ0n) is 11.2. The van der Waals surface area contributed by atoms with E-state index in [-0.39, 0.29) is 11.3 Å². The van der Waals surface area contributed by atoms with Crippen molar-refractivity contribution in [1.29, 1.82) is 0 Å². The smallest absolute Gasteiger partial charge is 0.227 e. The third kappa shape index (κ3) is 2.21. The normalized spacial score (nSPS) is 17.4. The summed E-state index contributed by atoms with van der Waals surface area (Å²) in [6, 6.07) is 8.26. The van der Waals surface area contributed by atoms with Gasteiger partial charge in [0.15, 0.2) is 0 Å². The van der Waals surface area contributed by atoms with Gasteiger partial charge in [-0.3, -0.25) is 4.79 Å². The van der Waals surface area contributed by atoms with Crippen LogP contribution in [0.3, 0.4) is 0 Å². The number of carbonyl (C=O) groups excluding carboxylic acids is 1. The fourth-order valence-electron chi connectivity index (χ4n) is 2.53. The highest BCUT2D eigenvalue weighted by Crippen LogP contribution is 2.40. The Morgan fingerprint density at radius 1 is 1.35 bits per heavy atom. The Bertz CT molecular complexity index is 434. The summed E-state index contributed by atoms with van der Waals surface area (Å²) in [5.74, 6) is 0.663. The first-order valence-corrected chi connectivity index (χ1v) is 6.31. The van der Waals surface area contributed by atoms with E-state index in [2.05, 4.69) is 45.9 Å². The largest absolute Gasteiger partial charge is 0.311 e. The van der Waals surface area contributed by atoms with Crippen LogP contribution in [0, 0.1) is 5.92 Å². The predicted molar refractivity (Wildman–Crippen MR) is 71.3 cm³/mol. The van der Waals surface area contributed by atoms with Gasteiger partial charge in [-0.2, -0.15) is 0 Å². The molecule has 1 aromatic rings. The highest BCUT2D eigenvalue weighted by Gasteiger charge is 2.37. The van der Waals surface area contributed by atoms with Crippen LogP contribution in [-0.4, -0.2) is 12.5 Å². The molecule has 1 aliphatic heterocycles. The third-order valence-electron chi connectivity index (χ3n) is 3.36. The summed E-state index contributed by atoms with van der Waals surface area (Å²) in [5.41, 5.74) is 2.46. The topological polar surface area (TPSA) is 20.3 Å². The van der Waals surface area contributed by atoms with E-state index in [4.69, 9.17) is 0 Å². The van der Waals surface area contributed by atoms with Gasteiger partial charge in [0, 0.05) is 24.1 Å². The number of fused-ring (bicyclic) bond motifs is 1. The molecule has 0 atom stereocenters. The van der Waals surface area contributed by atoms with Crippen LogP contribution in [0.4, 0.5) is 5.69 Å². The summed E-state index contributed by atoms with van der Waals surface area (Å²) in [6.45, 7) is 9.39. The lowest BCUT2D eigenvalue weighted by molar-refractivity contribution is -0.119. The molecule has 0 saturated carbocycles. The first-order chi connectivity index (χ1) is 7.92. The van der Waals surface area contributed by atoms with E-state index in [1.165, 1.54) is 5.56 Å². The molecule has 0 fully saturated rings. The molecule has 0 unspecified atom stereocenters. The lowest BCUT2D eigenvalue weighted by atomic mass is 9.87. The number of amides is 1. The van der Waals surface area contributed by atoms with E-state index in [0.717, 1.165) is 12.2 Å². The molecule has 1 heterocycles. The van der Waals surface area contributed by atoms with E-state index in [0.29, 0.717) is 12.3 Å². The summed E-state index contributed by atoms with van der Waals surface area (Å²) in [6.07, 6.45) is 0.629. The van der Waals surface area contributed by atoms with Crippen molar-refractivity contribution in [2.24, 2.45) is 5.92 Å². The molecule has 17 heavy (non-hydrogen) atoms. The van der Waals surface area contributed by atoms with Crippen LogP contribution >= 0.6 is 0 Å². The SMILES string of the molecule is CC(C)CC(=O)N1CC(C)(C)c2ccccc21. The van der Waals surface area contributed by atoms with Crippen LogP contribution in [-0.2, 0) is 10.2 Å². The van der Waals surface area contributed by atoms with E-state index in [1.54, 1.807) is 0 Å². The van der Waals surface area contributed by atoms with Crippen molar-refractivity contribution in [2.75, 3.05) is 11.4 Å². The van der Waals surface area contributed by atoms with Gasteiger partial charge in [0.1, 0.15) is 0 Å². The van der Waals surface area contributed by atoms with Gasteiger partial charge in [0.2, 0.25) is 5.91 Å². The van der Waals surface area contributed by atoms with Gasteiger partial charge >= 0.3 is 0 Å². The molecule has 0 bridgehead atoms. The fourth-order valence-corrected chi connectivity index (χ4v) is 2.53. The molecule has 0 aromatic heterocycles. The number of hydrogen-bond acceptors (Lipinski definition) is 1. The second kappa shape index (κ2) is 4.17. The first kappa shape index (κ1) is 12.2. The van der Waals surface area contributed by atoms with Crippen LogP contribution in [0.5, 0.6) is 0 Å². The number of benzene rings is 1. The maximum Gasteiger partial charge on any atom is 0.227 e. The van der Waals surface area contributed by atoms with E-state index < -0.39 is 0 Å². The van der Waals surface area contributed by atoms with Crippen LogP contribution in [0.25, 0.3) is 0 Å². The Kier molecular flexibility index (Phi) is 2.98. The molecule has 0 aliphatic carbocycles. The number of hydrogen-bond donors (Lipinski definition) is 0. The van der Waals surface area contributed by atoms with Crippen molar-refractivity contribution >= 4 is 11.6 Å². The van der Waals surface area contributed by atoms with Gasteiger partial charge in [-0.05, 0) is 17.5 Å². The maximum absolute atomic E-state index is 12.2. The summed E-state index contributed by atoms with van der Waals surface area (Å²) < 4.78 is 0. The minimum absolute atomic E-state index is 0.0727. The van der Waals surface area contributed by atoms with Crippen LogP contribution in [0.2, 0.25) is 0 Å². The van der Waals surface area contributed by atoms with Crippen molar-refractivity contribution in [2.45, 2.75) is 39.5 Å². The highest BCUT2D eigenvalue weighted by molar-refractivity contribution is 5.96. The van der Waals surface area contributed by atoms with E-state index in [1.807, 2.05) is 11.0 Å². The molecule has 92 valence electrons. The minimum Gasteiger partial charge on any atom is -0.311 e. The molecule has 1 aliphatic rings. The van der Waals surface area contributed by atoms with Gasteiger partial charge in [-0.1, -0.05) is 45.9 Å². The first-order valence-electron chi connectivity index (χ1n) is 6.31. The monoisotopic (exact) mass is 231 g/mol. The summed E-state index contributed by atoms with van der Waals surface area (Å²) in [7, 11) is 0. The Morgan fingerprint density at radius 2 is 2.00 bits per heavy atom. The predicted octanol–water partition coefficient (Wildman–Crippen LogP) is 3.36. The number of anilines is 1. The van der Waals surface area contributed by atoms with Crippen LogP contribution in [0.1, 0.15) is 39.7 Å². The highest BCUT2D eigenvalue weighted by atomic mass is 16.2. The summed E-state index contributed by atoms with van der Waals surface area (Å²) in [5, 5.41) is 0. The fraction of sp³-hybridized carbons (Fsp3) is 0.533. The lowest BCUT2D eigenvalue weighted by Gasteiger charge is -2.21. The van der Waals surface area contributed by atoms with Gasteiger partial charge < -0.3 is 4.90 Å². The van der Waals surface area contributed by atoms with E-state index in [9.17, 15) is 4.79 Å².